The average molecular weight is 191 g/mol. The van der Waals surface area contributed by atoms with E-state index in [1.807, 2.05) is 12.1 Å². The van der Waals surface area contributed by atoms with Crippen LogP contribution in [0, 0.1) is 5.92 Å². The van der Waals surface area contributed by atoms with Crippen LogP contribution in [0.2, 0.25) is 0 Å². The first-order chi connectivity index (χ1) is 6.74. The molecule has 1 N–H and O–H groups in total. The maximum atomic E-state index is 9.28. The van der Waals surface area contributed by atoms with Gasteiger partial charge in [0.05, 0.1) is 0 Å². The highest BCUT2D eigenvalue weighted by molar-refractivity contribution is 5.27. The third-order valence-corrected chi connectivity index (χ3v) is 2.89. The molecule has 1 saturated heterocycles. The van der Waals surface area contributed by atoms with Crippen LogP contribution in [0.25, 0.3) is 0 Å². The second kappa shape index (κ2) is 4.01. The van der Waals surface area contributed by atoms with Crippen molar-refractivity contribution < 1.29 is 5.11 Å². The van der Waals surface area contributed by atoms with Gasteiger partial charge < -0.3 is 10.0 Å². The van der Waals surface area contributed by atoms with Gasteiger partial charge in [0.2, 0.25) is 0 Å². The van der Waals surface area contributed by atoms with E-state index >= 15 is 0 Å². The summed E-state index contributed by atoms with van der Waals surface area (Å²) >= 11 is 0. The van der Waals surface area contributed by atoms with Crippen molar-refractivity contribution in [3.8, 4) is 5.75 Å². The molecule has 0 atom stereocenters. The van der Waals surface area contributed by atoms with Gasteiger partial charge in [-0.2, -0.15) is 0 Å². The molecule has 76 valence electrons. The Balaban J connectivity index is 1.80. The van der Waals surface area contributed by atoms with Crippen LogP contribution >= 0.6 is 0 Å². The van der Waals surface area contributed by atoms with Crippen LogP contribution in [-0.2, 0) is 6.42 Å². The van der Waals surface area contributed by atoms with E-state index < -0.39 is 0 Å². The molecule has 1 fully saturated rings. The minimum absolute atomic E-state index is 0.383. The van der Waals surface area contributed by atoms with Crippen molar-refractivity contribution in [2.24, 2.45) is 5.92 Å². The number of aromatic hydroxyl groups is 1. The van der Waals surface area contributed by atoms with Crippen LogP contribution in [0.5, 0.6) is 5.75 Å². The highest BCUT2D eigenvalue weighted by Crippen LogP contribution is 2.20. The summed E-state index contributed by atoms with van der Waals surface area (Å²) in [6.45, 7) is 2.47. The molecule has 0 amide bonds. The maximum Gasteiger partial charge on any atom is 0.115 e. The number of nitrogens with zero attached hydrogens (tertiary/aromatic N) is 1. The molecule has 2 nitrogen and oxygen atoms in total. The third kappa shape index (κ3) is 2.26. The summed E-state index contributed by atoms with van der Waals surface area (Å²) in [4.78, 5) is 2.34. The van der Waals surface area contributed by atoms with Crippen LogP contribution in [0.15, 0.2) is 24.3 Å². The third-order valence-electron chi connectivity index (χ3n) is 2.89. The van der Waals surface area contributed by atoms with E-state index in [1.165, 1.54) is 25.1 Å². The summed E-state index contributed by atoms with van der Waals surface area (Å²) in [5, 5.41) is 9.28. The number of phenols is 1. The van der Waals surface area contributed by atoms with Gasteiger partial charge in [0.15, 0.2) is 0 Å². The lowest BCUT2D eigenvalue weighted by atomic mass is 9.93. The molecule has 1 aromatic carbocycles. The van der Waals surface area contributed by atoms with Gasteiger partial charge in [0.1, 0.15) is 5.75 Å². The molecule has 0 unspecified atom stereocenters. The molecule has 2 heteroatoms. The van der Waals surface area contributed by atoms with Gasteiger partial charge in [-0.05, 0) is 43.5 Å². The lowest BCUT2D eigenvalue weighted by molar-refractivity contribution is 0.127. The van der Waals surface area contributed by atoms with Gasteiger partial charge in [-0.25, -0.2) is 0 Å². The van der Waals surface area contributed by atoms with Crippen molar-refractivity contribution in [2.75, 3.05) is 20.1 Å². The molecule has 0 bridgehead atoms. The Morgan fingerprint density at radius 1 is 1.43 bits per heavy atom. The number of likely N-dealkylation sites (tertiary alicyclic amines) is 1. The first kappa shape index (κ1) is 9.53. The van der Waals surface area contributed by atoms with E-state index in [-0.39, 0.29) is 0 Å². The van der Waals surface area contributed by atoms with Crippen LogP contribution in [0.4, 0.5) is 0 Å². The van der Waals surface area contributed by atoms with Gasteiger partial charge in [-0.1, -0.05) is 12.1 Å². The van der Waals surface area contributed by atoms with Crippen molar-refractivity contribution in [1.82, 2.24) is 4.90 Å². The number of phenolic OH excluding ortho intramolecular Hbond substituents is 1. The van der Waals surface area contributed by atoms with E-state index in [0.29, 0.717) is 5.75 Å². The van der Waals surface area contributed by atoms with E-state index in [4.69, 9.17) is 0 Å². The summed E-state index contributed by atoms with van der Waals surface area (Å²) in [5.74, 6) is 1.25. The Bertz CT molecular complexity index is 305. The van der Waals surface area contributed by atoms with Crippen molar-refractivity contribution >= 4 is 0 Å². The zero-order valence-electron chi connectivity index (χ0n) is 8.61. The lowest BCUT2D eigenvalue weighted by Crippen LogP contribution is -2.43. The highest BCUT2D eigenvalue weighted by atomic mass is 16.3. The van der Waals surface area contributed by atoms with Crippen molar-refractivity contribution in [2.45, 2.75) is 12.8 Å². The van der Waals surface area contributed by atoms with Crippen LogP contribution in [-0.4, -0.2) is 30.1 Å². The van der Waals surface area contributed by atoms with Crippen molar-refractivity contribution in [3.05, 3.63) is 29.8 Å². The lowest BCUT2D eigenvalue weighted by Gasteiger charge is -2.36. The Hall–Kier alpha value is -1.02. The minimum atomic E-state index is 0.383. The first-order valence-electron chi connectivity index (χ1n) is 5.20. The van der Waals surface area contributed by atoms with Crippen LogP contribution in [0.3, 0.4) is 0 Å². The number of rotatable bonds is 3. The molecule has 1 aliphatic rings. The monoisotopic (exact) mass is 191 g/mol. The molecule has 1 aromatic rings. The van der Waals surface area contributed by atoms with E-state index in [9.17, 15) is 5.11 Å². The Kier molecular flexibility index (Phi) is 2.73. The van der Waals surface area contributed by atoms with Gasteiger partial charge in [-0.3, -0.25) is 0 Å². The number of hydrogen-bond donors (Lipinski definition) is 1. The summed E-state index contributed by atoms with van der Waals surface area (Å²) in [5.41, 5.74) is 1.25. The molecular formula is C12H17NO. The number of benzene rings is 1. The fraction of sp³-hybridized carbons (Fsp3) is 0.500. The molecular weight excluding hydrogens is 174 g/mol. The van der Waals surface area contributed by atoms with Crippen LogP contribution < -0.4 is 0 Å². The predicted molar refractivity (Wildman–Crippen MR) is 57.4 cm³/mol. The summed E-state index contributed by atoms with van der Waals surface area (Å²) in [6, 6.07) is 7.59. The standard InChI is InChI=1S/C12H17NO/c1-13-8-11(9-13)6-5-10-3-2-4-12(14)7-10/h2-4,7,11,14H,5-6,8-9H2,1H3. The fourth-order valence-electron chi connectivity index (χ4n) is 2.09. The fourth-order valence-corrected chi connectivity index (χ4v) is 2.09. The SMILES string of the molecule is CN1CC(CCc2cccc(O)c2)C1. The second-order valence-electron chi connectivity index (χ2n) is 4.30. The molecule has 1 aliphatic heterocycles. The molecule has 1 heterocycles. The van der Waals surface area contributed by atoms with Crippen molar-refractivity contribution in [3.63, 3.8) is 0 Å². The summed E-state index contributed by atoms with van der Waals surface area (Å²) in [6.07, 6.45) is 2.33. The molecule has 0 spiro atoms. The molecule has 0 radical (unpaired) electrons. The molecule has 2 rings (SSSR count). The highest BCUT2D eigenvalue weighted by Gasteiger charge is 2.22. The largest absolute Gasteiger partial charge is 0.508 e. The topological polar surface area (TPSA) is 23.5 Å². The average Bonchev–Trinajstić information content (AvgIpc) is 2.11. The predicted octanol–water partition coefficient (Wildman–Crippen LogP) is 1.89. The quantitative estimate of drug-likeness (QED) is 0.788. The van der Waals surface area contributed by atoms with E-state index in [2.05, 4.69) is 18.0 Å². The first-order valence-corrected chi connectivity index (χ1v) is 5.20. The summed E-state index contributed by atoms with van der Waals surface area (Å²) in [7, 11) is 2.16. The van der Waals surface area contributed by atoms with Crippen LogP contribution in [0.1, 0.15) is 12.0 Å². The Morgan fingerprint density at radius 2 is 2.21 bits per heavy atom. The minimum Gasteiger partial charge on any atom is -0.508 e. The second-order valence-corrected chi connectivity index (χ2v) is 4.30. The summed E-state index contributed by atoms with van der Waals surface area (Å²) < 4.78 is 0. The van der Waals surface area contributed by atoms with E-state index in [0.717, 1.165) is 12.3 Å². The van der Waals surface area contributed by atoms with Crippen molar-refractivity contribution in [1.29, 1.82) is 0 Å². The molecule has 0 saturated carbocycles. The number of hydrogen-bond acceptors (Lipinski definition) is 2. The number of aryl methyl sites for hydroxylation is 1. The Labute approximate surface area is 85.2 Å². The zero-order valence-corrected chi connectivity index (χ0v) is 8.61. The zero-order chi connectivity index (χ0) is 9.97. The molecule has 0 aliphatic carbocycles. The molecule has 0 aromatic heterocycles. The van der Waals surface area contributed by atoms with Gasteiger partial charge in [-0.15, -0.1) is 0 Å². The molecule has 14 heavy (non-hydrogen) atoms. The van der Waals surface area contributed by atoms with Gasteiger partial charge >= 0.3 is 0 Å². The normalized spacial score (nSPS) is 18.1. The van der Waals surface area contributed by atoms with Gasteiger partial charge in [0, 0.05) is 13.1 Å². The maximum absolute atomic E-state index is 9.28. The Morgan fingerprint density at radius 3 is 2.86 bits per heavy atom. The van der Waals surface area contributed by atoms with E-state index in [1.54, 1.807) is 6.07 Å². The smallest absolute Gasteiger partial charge is 0.115 e. The van der Waals surface area contributed by atoms with Gasteiger partial charge in [0.25, 0.3) is 0 Å².